The highest BCUT2D eigenvalue weighted by molar-refractivity contribution is 4.91. The Bertz CT molecular complexity index is 211. The Kier molecular flexibility index (Phi) is 4.87. The molecule has 2 nitrogen and oxygen atoms in total. The molecule has 2 saturated carbocycles. The molecule has 0 aliphatic heterocycles. The molecular weight excluding hydrogens is 210 g/mol. The van der Waals surface area contributed by atoms with E-state index in [4.69, 9.17) is 4.74 Å². The number of nitrogens with one attached hydrogen (secondary N) is 1. The predicted octanol–water partition coefficient (Wildman–Crippen LogP) is 3.50. The summed E-state index contributed by atoms with van der Waals surface area (Å²) in [6.07, 6.45) is 12.1. The summed E-state index contributed by atoms with van der Waals surface area (Å²) in [4.78, 5) is 0. The first kappa shape index (κ1) is 13.4. The first-order valence-corrected chi connectivity index (χ1v) is 7.55. The smallest absolute Gasteiger partial charge is 0.0594 e. The quantitative estimate of drug-likeness (QED) is 0.741. The molecule has 1 spiro atoms. The van der Waals surface area contributed by atoms with Crippen LogP contribution in [-0.2, 0) is 4.74 Å². The second kappa shape index (κ2) is 6.19. The molecule has 0 aromatic rings. The van der Waals surface area contributed by atoms with Crippen LogP contribution >= 0.6 is 0 Å². The molecule has 0 bridgehead atoms. The Morgan fingerprint density at radius 1 is 1.12 bits per heavy atom. The van der Waals surface area contributed by atoms with Gasteiger partial charge in [-0.3, -0.25) is 0 Å². The van der Waals surface area contributed by atoms with Crippen LogP contribution in [0.15, 0.2) is 0 Å². The largest absolute Gasteiger partial charge is 0.377 e. The Labute approximate surface area is 107 Å². The SMILES string of the molecule is CC(C)OCCNC1CCC2(CCCC2)CC1. The molecule has 100 valence electrons. The Morgan fingerprint density at radius 2 is 1.76 bits per heavy atom. The molecule has 0 unspecified atom stereocenters. The van der Waals surface area contributed by atoms with Crippen LogP contribution in [0.5, 0.6) is 0 Å². The molecule has 2 aliphatic carbocycles. The monoisotopic (exact) mass is 239 g/mol. The van der Waals surface area contributed by atoms with Gasteiger partial charge in [-0.2, -0.15) is 0 Å². The Balaban J connectivity index is 1.59. The summed E-state index contributed by atoms with van der Waals surface area (Å²) in [6.45, 7) is 6.09. The van der Waals surface area contributed by atoms with E-state index in [1.165, 1.54) is 51.4 Å². The third kappa shape index (κ3) is 3.96. The average Bonchev–Trinajstić information content (AvgIpc) is 2.75. The normalized spacial score (nSPS) is 24.9. The van der Waals surface area contributed by atoms with Crippen molar-refractivity contribution in [1.29, 1.82) is 0 Å². The van der Waals surface area contributed by atoms with Crippen LogP contribution in [0.3, 0.4) is 0 Å². The van der Waals surface area contributed by atoms with Crippen molar-refractivity contribution in [2.24, 2.45) is 5.41 Å². The summed E-state index contributed by atoms with van der Waals surface area (Å²) in [7, 11) is 0. The van der Waals surface area contributed by atoms with Crippen LogP contribution in [0.2, 0.25) is 0 Å². The lowest BCUT2D eigenvalue weighted by Gasteiger charge is -2.37. The van der Waals surface area contributed by atoms with E-state index in [0.717, 1.165) is 24.6 Å². The van der Waals surface area contributed by atoms with E-state index >= 15 is 0 Å². The van der Waals surface area contributed by atoms with E-state index in [1.807, 2.05) is 0 Å². The standard InChI is InChI=1S/C15H29NO/c1-13(2)17-12-11-16-14-5-9-15(10-6-14)7-3-4-8-15/h13-14,16H,3-12H2,1-2H3. The van der Waals surface area contributed by atoms with Gasteiger partial charge in [0.1, 0.15) is 0 Å². The van der Waals surface area contributed by atoms with Gasteiger partial charge in [0.25, 0.3) is 0 Å². The lowest BCUT2D eigenvalue weighted by Crippen LogP contribution is -2.38. The van der Waals surface area contributed by atoms with Crippen LogP contribution in [0, 0.1) is 5.41 Å². The summed E-state index contributed by atoms with van der Waals surface area (Å²) in [5.41, 5.74) is 0.770. The lowest BCUT2D eigenvalue weighted by molar-refractivity contribution is 0.0762. The molecule has 17 heavy (non-hydrogen) atoms. The topological polar surface area (TPSA) is 21.3 Å². The van der Waals surface area contributed by atoms with Gasteiger partial charge in [-0.25, -0.2) is 0 Å². The third-order valence-electron chi connectivity index (χ3n) is 4.70. The van der Waals surface area contributed by atoms with Crippen LogP contribution in [0.25, 0.3) is 0 Å². The van der Waals surface area contributed by atoms with Gasteiger partial charge in [0, 0.05) is 12.6 Å². The van der Waals surface area contributed by atoms with E-state index in [-0.39, 0.29) is 0 Å². The molecule has 0 heterocycles. The van der Waals surface area contributed by atoms with Crippen molar-refractivity contribution in [2.75, 3.05) is 13.2 Å². The van der Waals surface area contributed by atoms with E-state index < -0.39 is 0 Å². The maximum absolute atomic E-state index is 5.56. The second-order valence-corrected chi connectivity index (χ2v) is 6.36. The molecule has 2 rings (SSSR count). The van der Waals surface area contributed by atoms with Gasteiger partial charge >= 0.3 is 0 Å². The summed E-state index contributed by atoms with van der Waals surface area (Å²) in [5, 5.41) is 3.66. The summed E-state index contributed by atoms with van der Waals surface area (Å²) in [6, 6.07) is 0.761. The number of ether oxygens (including phenoxy) is 1. The Hall–Kier alpha value is -0.0800. The number of hydrogen-bond acceptors (Lipinski definition) is 2. The molecule has 1 N–H and O–H groups in total. The van der Waals surface area contributed by atoms with Gasteiger partial charge in [0.2, 0.25) is 0 Å². The van der Waals surface area contributed by atoms with Gasteiger partial charge in [-0.15, -0.1) is 0 Å². The maximum atomic E-state index is 5.56. The predicted molar refractivity (Wildman–Crippen MR) is 72.2 cm³/mol. The van der Waals surface area contributed by atoms with Crippen molar-refractivity contribution in [3.05, 3.63) is 0 Å². The van der Waals surface area contributed by atoms with Gasteiger partial charge in [0.15, 0.2) is 0 Å². The average molecular weight is 239 g/mol. The maximum Gasteiger partial charge on any atom is 0.0594 e. The molecule has 0 aromatic heterocycles. The van der Waals surface area contributed by atoms with Gasteiger partial charge in [-0.05, 0) is 57.8 Å². The van der Waals surface area contributed by atoms with Crippen molar-refractivity contribution < 1.29 is 4.74 Å². The molecule has 0 radical (unpaired) electrons. The van der Waals surface area contributed by atoms with Crippen molar-refractivity contribution in [2.45, 2.75) is 77.4 Å². The van der Waals surface area contributed by atoms with E-state index in [1.54, 1.807) is 0 Å². The van der Waals surface area contributed by atoms with Crippen molar-refractivity contribution in [1.82, 2.24) is 5.32 Å². The fraction of sp³-hybridized carbons (Fsp3) is 1.00. The fourth-order valence-electron chi connectivity index (χ4n) is 3.62. The van der Waals surface area contributed by atoms with E-state index in [9.17, 15) is 0 Å². The third-order valence-corrected chi connectivity index (χ3v) is 4.70. The molecular formula is C15H29NO. The zero-order valence-corrected chi connectivity index (χ0v) is 11.6. The van der Waals surface area contributed by atoms with Crippen LogP contribution in [0.1, 0.15) is 65.2 Å². The van der Waals surface area contributed by atoms with Gasteiger partial charge in [-0.1, -0.05) is 12.8 Å². The van der Waals surface area contributed by atoms with E-state index in [2.05, 4.69) is 19.2 Å². The van der Waals surface area contributed by atoms with Crippen LogP contribution in [-0.4, -0.2) is 25.3 Å². The van der Waals surface area contributed by atoms with Crippen molar-refractivity contribution >= 4 is 0 Å². The van der Waals surface area contributed by atoms with Gasteiger partial charge in [0.05, 0.1) is 12.7 Å². The second-order valence-electron chi connectivity index (χ2n) is 6.36. The minimum Gasteiger partial charge on any atom is -0.377 e. The molecule has 2 heteroatoms. The lowest BCUT2D eigenvalue weighted by atomic mass is 9.71. The number of rotatable bonds is 5. The minimum absolute atomic E-state index is 0.366. The first-order chi connectivity index (χ1) is 8.20. The minimum atomic E-state index is 0.366. The number of hydrogen-bond donors (Lipinski definition) is 1. The van der Waals surface area contributed by atoms with Crippen molar-refractivity contribution in [3.63, 3.8) is 0 Å². The Morgan fingerprint density at radius 3 is 2.35 bits per heavy atom. The van der Waals surface area contributed by atoms with Crippen molar-refractivity contribution in [3.8, 4) is 0 Å². The molecule has 0 atom stereocenters. The highest BCUT2D eigenvalue weighted by Gasteiger charge is 2.37. The molecule has 0 saturated heterocycles. The van der Waals surface area contributed by atoms with Crippen LogP contribution in [0.4, 0.5) is 0 Å². The van der Waals surface area contributed by atoms with Gasteiger partial charge < -0.3 is 10.1 Å². The summed E-state index contributed by atoms with van der Waals surface area (Å²) in [5.74, 6) is 0. The fourth-order valence-corrected chi connectivity index (χ4v) is 3.62. The molecule has 0 amide bonds. The molecule has 2 fully saturated rings. The zero-order valence-electron chi connectivity index (χ0n) is 11.6. The zero-order chi connectivity index (χ0) is 12.1. The molecule has 0 aromatic carbocycles. The summed E-state index contributed by atoms with van der Waals surface area (Å²) < 4.78 is 5.56. The molecule has 2 aliphatic rings. The van der Waals surface area contributed by atoms with E-state index in [0.29, 0.717) is 6.10 Å². The van der Waals surface area contributed by atoms with Crippen LogP contribution < -0.4 is 5.32 Å². The summed E-state index contributed by atoms with van der Waals surface area (Å²) >= 11 is 0. The highest BCUT2D eigenvalue weighted by atomic mass is 16.5. The highest BCUT2D eigenvalue weighted by Crippen LogP contribution is 2.48. The first-order valence-electron chi connectivity index (χ1n) is 7.55.